The minimum Gasteiger partial charge on any atom is -0.254 e. The predicted molar refractivity (Wildman–Crippen MR) is 472 cm³/mol. The molecule has 0 amide bonds. The zero-order chi connectivity index (χ0) is 76.8. The topological polar surface area (TPSA) is 155 Å². The van der Waals surface area contributed by atoms with E-state index in [4.69, 9.17) is 49.8 Å². The van der Waals surface area contributed by atoms with Gasteiger partial charge in [0.2, 0.25) is 0 Å². The Hall–Kier alpha value is -15.9. The molecule has 0 radical (unpaired) electrons. The van der Waals surface area contributed by atoms with Gasteiger partial charge in [0.05, 0.1) is 84.0 Å². The lowest BCUT2D eigenvalue weighted by Gasteiger charge is -2.11. The third-order valence-electron chi connectivity index (χ3n) is 21.5. The molecule has 0 saturated heterocycles. The molecular formula is C104H64N12. The fraction of sp³-hybridized carbons (Fsp3) is 0. The van der Waals surface area contributed by atoms with E-state index in [0.29, 0.717) is 11.6 Å². The summed E-state index contributed by atoms with van der Waals surface area (Å²) < 4.78 is 0. The number of nitrogens with zero attached hydrogens (tertiary/aromatic N) is 12. The first kappa shape index (κ1) is 68.1. The number of benzene rings is 12. The molecule has 0 bridgehead atoms. The number of rotatable bonds is 12. The minimum absolute atomic E-state index is 0.586. The fourth-order valence-electron chi connectivity index (χ4n) is 15.4. The molecule has 0 aliphatic rings. The van der Waals surface area contributed by atoms with Crippen LogP contribution in [0, 0.1) is 0 Å². The van der Waals surface area contributed by atoms with Crippen molar-refractivity contribution in [2.45, 2.75) is 0 Å². The third-order valence-corrected chi connectivity index (χ3v) is 21.5. The molecule has 116 heavy (non-hydrogen) atoms. The van der Waals surface area contributed by atoms with E-state index in [2.05, 4.69) is 265 Å². The molecule has 0 spiro atoms. The Morgan fingerprint density at radius 1 is 0.147 bits per heavy atom. The van der Waals surface area contributed by atoms with Gasteiger partial charge in [-0.15, -0.1) is 0 Å². The van der Waals surface area contributed by atoms with E-state index in [-0.39, 0.29) is 0 Å². The largest absolute Gasteiger partial charge is 0.254 e. The second-order valence-corrected chi connectivity index (χ2v) is 28.8. The van der Waals surface area contributed by atoms with Crippen molar-refractivity contribution in [3.63, 3.8) is 0 Å². The molecule has 10 heterocycles. The Labute approximate surface area is 666 Å². The van der Waals surface area contributed by atoms with E-state index in [1.165, 1.54) is 0 Å². The van der Waals surface area contributed by atoms with Gasteiger partial charge in [-0.05, 0) is 124 Å². The van der Waals surface area contributed by atoms with Gasteiger partial charge >= 0.3 is 0 Å². The van der Waals surface area contributed by atoms with Gasteiger partial charge in [0, 0.05) is 101 Å². The molecule has 540 valence electrons. The summed E-state index contributed by atoms with van der Waals surface area (Å²) in [6, 6.07) is 127. The van der Waals surface area contributed by atoms with E-state index < -0.39 is 0 Å². The summed E-state index contributed by atoms with van der Waals surface area (Å²) in [5.41, 5.74) is 28.6. The SMILES string of the molecule is c1ccc(-c2cc(-c3ccccc3)nc(-c3ccc4ccc(-c5ccc6ccc(-c7ccc(-c8cc9cccnc9c9ncccc89)cc7)nc6c5)cc4n3)n2)cc1.c1ccc(-c2cc(-c3ccccc3)nc(-c3ccc4ccc(-c5ccc6ccc(-c7ccc(-c8ccc9ccc%10cccnc%10c9n8)cc7)nc6c5)cc4n3)n2)cc1. The highest BCUT2D eigenvalue weighted by Crippen LogP contribution is 2.39. The van der Waals surface area contributed by atoms with Crippen LogP contribution in [0.1, 0.15) is 0 Å². The quantitative estimate of drug-likeness (QED) is 0.107. The first-order valence-electron chi connectivity index (χ1n) is 38.5. The van der Waals surface area contributed by atoms with Crippen LogP contribution >= 0.6 is 0 Å². The van der Waals surface area contributed by atoms with Crippen LogP contribution in [0.15, 0.2) is 389 Å². The predicted octanol–water partition coefficient (Wildman–Crippen LogP) is 25.3. The van der Waals surface area contributed by atoms with Crippen LogP contribution in [0.2, 0.25) is 0 Å². The van der Waals surface area contributed by atoms with Crippen LogP contribution in [0.25, 0.3) is 222 Å². The number of fused-ring (bicyclic) bond motifs is 10. The van der Waals surface area contributed by atoms with Crippen molar-refractivity contribution in [2.24, 2.45) is 0 Å². The molecule has 12 heteroatoms. The van der Waals surface area contributed by atoms with Crippen LogP contribution in [0.3, 0.4) is 0 Å². The smallest absolute Gasteiger partial charge is 0.179 e. The normalized spacial score (nSPS) is 11.4. The van der Waals surface area contributed by atoms with Crippen LogP contribution < -0.4 is 0 Å². The summed E-state index contributed by atoms with van der Waals surface area (Å²) in [6.45, 7) is 0. The van der Waals surface area contributed by atoms with Gasteiger partial charge in [0.25, 0.3) is 0 Å². The third kappa shape index (κ3) is 13.4. The first-order valence-corrected chi connectivity index (χ1v) is 38.5. The average molecular weight is 1480 g/mol. The fourth-order valence-corrected chi connectivity index (χ4v) is 15.4. The molecular weight excluding hydrogens is 1420 g/mol. The van der Waals surface area contributed by atoms with Crippen LogP contribution in [-0.4, -0.2) is 59.8 Å². The van der Waals surface area contributed by atoms with Crippen molar-refractivity contribution in [2.75, 3.05) is 0 Å². The molecule has 0 saturated carbocycles. The van der Waals surface area contributed by atoms with Gasteiger partial charge in [-0.3, -0.25) is 15.0 Å². The van der Waals surface area contributed by atoms with E-state index >= 15 is 0 Å². The number of hydrogen-bond donors (Lipinski definition) is 0. The average Bonchev–Trinajstić information content (AvgIpc) is 0.754. The molecule has 10 aromatic heterocycles. The summed E-state index contributed by atoms with van der Waals surface area (Å²) in [6.07, 6.45) is 5.48. The maximum Gasteiger partial charge on any atom is 0.179 e. The monoisotopic (exact) mass is 1480 g/mol. The summed E-state index contributed by atoms with van der Waals surface area (Å²) >= 11 is 0. The van der Waals surface area contributed by atoms with Crippen LogP contribution in [-0.2, 0) is 0 Å². The molecule has 0 unspecified atom stereocenters. The number of hydrogen-bond acceptors (Lipinski definition) is 12. The highest BCUT2D eigenvalue weighted by molar-refractivity contribution is 6.10. The molecule has 22 rings (SSSR count). The molecule has 12 aromatic carbocycles. The second kappa shape index (κ2) is 29.4. The van der Waals surface area contributed by atoms with Gasteiger partial charge in [0.15, 0.2) is 11.6 Å². The van der Waals surface area contributed by atoms with Crippen molar-refractivity contribution < 1.29 is 0 Å². The Bertz CT molecular complexity index is 7430. The van der Waals surface area contributed by atoms with Crippen molar-refractivity contribution >= 4 is 87.2 Å². The molecule has 0 fully saturated rings. The molecule has 0 atom stereocenters. The Balaban J connectivity index is 0.000000145. The van der Waals surface area contributed by atoms with Crippen molar-refractivity contribution in [3.05, 3.63) is 389 Å². The second-order valence-electron chi connectivity index (χ2n) is 28.8. The Morgan fingerprint density at radius 2 is 0.431 bits per heavy atom. The van der Waals surface area contributed by atoms with E-state index in [1.54, 1.807) is 0 Å². The van der Waals surface area contributed by atoms with Gasteiger partial charge < -0.3 is 0 Å². The zero-order valence-electron chi connectivity index (χ0n) is 62.3. The summed E-state index contributed by atoms with van der Waals surface area (Å²) in [4.78, 5) is 59.6. The van der Waals surface area contributed by atoms with E-state index in [0.717, 1.165) is 211 Å². The highest BCUT2D eigenvalue weighted by Gasteiger charge is 2.19. The Morgan fingerprint density at radius 3 is 0.836 bits per heavy atom. The molecule has 12 nitrogen and oxygen atoms in total. The highest BCUT2D eigenvalue weighted by atomic mass is 14.9. The Kier molecular flexibility index (Phi) is 17.3. The first-order chi connectivity index (χ1) is 57.4. The van der Waals surface area contributed by atoms with Gasteiger partial charge in [0.1, 0.15) is 11.4 Å². The maximum absolute atomic E-state index is 5.16. The molecule has 22 aromatic rings. The van der Waals surface area contributed by atoms with E-state index in [1.807, 2.05) is 134 Å². The standard InChI is InChI=1S/2C52H32N6/c1-3-9-34(10-4-1)48-32-49(35-11-5-2-6-12-35)58-52(57-48)45-26-24-38-20-22-40(31-47(38)56-45)39-21-19-37-23-25-44(55-46(37)30-39)36-17-15-33(16-18-36)43-29-41-13-7-27-53-50(41)51-42(43)14-8-28-54-51;1-3-8-33(9-4-1)48-32-49(34-10-5-2-6-11-34)58-52(57-48)45-28-24-38-18-22-42(31-47(38)55-45)41-21-17-37-23-26-43(54-46(37)30-41)35-13-15-36(16-14-35)44-27-25-40-20-19-39-12-7-29-53-50(39)51(40)56-44/h2*1-32H. The molecule has 0 aliphatic heterocycles. The van der Waals surface area contributed by atoms with Crippen molar-refractivity contribution in [1.82, 2.24) is 59.8 Å². The van der Waals surface area contributed by atoms with Crippen molar-refractivity contribution in [1.29, 1.82) is 0 Å². The van der Waals surface area contributed by atoms with E-state index in [9.17, 15) is 0 Å². The zero-order valence-corrected chi connectivity index (χ0v) is 62.3. The lowest BCUT2D eigenvalue weighted by molar-refractivity contribution is 1.16. The molecule has 0 aliphatic carbocycles. The van der Waals surface area contributed by atoms with Crippen molar-refractivity contribution in [3.8, 4) is 135 Å². The van der Waals surface area contributed by atoms with Gasteiger partial charge in [-0.25, -0.2) is 44.9 Å². The van der Waals surface area contributed by atoms with Gasteiger partial charge in [-0.1, -0.05) is 279 Å². The lowest BCUT2D eigenvalue weighted by atomic mass is 9.96. The molecule has 0 N–H and O–H groups in total. The summed E-state index contributed by atoms with van der Waals surface area (Å²) in [5.74, 6) is 1.17. The number of pyridine rings is 8. The summed E-state index contributed by atoms with van der Waals surface area (Å²) in [5, 5.41) is 8.57. The van der Waals surface area contributed by atoms with Crippen LogP contribution in [0.5, 0.6) is 0 Å². The van der Waals surface area contributed by atoms with Gasteiger partial charge in [-0.2, -0.15) is 0 Å². The number of aromatic nitrogens is 12. The maximum atomic E-state index is 5.16. The lowest BCUT2D eigenvalue weighted by Crippen LogP contribution is -1.97. The summed E-state index contributed by atoms with van der Waals surface area (Å²) in [7, 11) is 0. The van der Waals surface area contributed by atoms with Crippen LogP contribution in [0.4, 0.5) is 0 Å². The minimum atomic E-state index is 0.586.